The molecule has 3 aliphatic rings. The highest BCUT2D eigenvalue weighted by atomic mass is 16.6. The minimum absolute atomic E-state index is 0.113. The first-order valence-electron chi connectivity index (χ1n) is 13.6. The van der Waals surface area contributed by atoms with Crippen LogP contribution in [0.2, 0.25) is 0 Å². The molecule has 4 amide bonds. The summed E-state index contributed by atoms with van der Waals surface area (Å²) in [6.07, 6.45) is 1.84. The van der Waals surface area contributed by atoms with Crippen LogP contribution in [0.15, 0.2) is 42.5 Å². The molecule has 11 nitrogen and oxygen atoms in total. The van der Waals surface area contributed by atoms with E-state index in [2.05, 4.69) is 10.6 Å². The van der Waals surface area contributed by atoms with Gasteiger partial charge in [-0.05, 0) is 49.1 Å². The number of carbonyl (C=O) groups is 4. The molecule has 0 radical (unpaired) electrons. The van der Waals surface area contributed by atoms with Crippen LogP contribution < -0.4 is 24.8 Å². The van der Waals surface area contributed by atoms with Crippen molar-refractivity contribution in [2.24, 2.45) is 0 Å². The first-order valence-corrected chi connectivity index (χ1v) is 13.6. The van der Waals surface area contributed by atoms with Gasteiger partial charge in [-0.3, -0.25) is 19.2 Å². The second kappa shape index (κ2) is 12.3. The van der Waals surface area contributed by atoms with Crippen molar-refractivity contribution >= 4 is 23.6 Å². The molecule has 2 atom stereocenters. The molecule has 0 bridgehead atoms. The molecular formula is C29H34N4O7. The van der Waals surface area contributed by atoms with Gasteiger partial charge in [-0.25, -0.2) is 0 Å². The quantitative estimate of drug-likeness (QED) is 0.585. The van der Waals surface area contributed by atoms with Crippen LogP contribution in [0.25, 0.3) is 0 Å². The summed E-state index contributed by atoms with van der Waals surface area (Å²) in [5.41, 5.74) is 1.20. The maximum atomic E-state index is 13.3. The van der Waals surface area contributed by atoms with E-state index in [0.29, 0.717) is 43.4 Å². The standard InChI is InChI=1S/C29H34N4O7/c1-32-17-27(35)33-12-4-5-20(33)18-40-23-7-3-2-6-21(23)28(36)31-22(16-26(32)34)29(37)30-11-10-19-8-9-24-25(15-19)39-14-13-38-24/h2-3,6-9,15,20,22H,4-5,10-14,16-18H2,1H3,(H,30,37)(H,31,36)/t20-,22+/m1/s1. The average molecular weight is 551 g/mol. The first kappa shape index (κ1) is 27.3. The number of benzene rings is 2. The molecule has 2 N–H and O–H groups in total. The predicted octanol–water partition coefficient (Wildman–Crippen LogP) is 1.15. The van der Waals surface area contributed by atoms with E-state index in [0.717, 1.165) is 18.4 Å². The van der Waals surface area contributed by atoms with E-state index in [4.69, 9.17) is 14.2 Å². The summed E-state index contributed by atoms with van der Waals surface area (Å²) >= 11 is 0. The molecular weight excluding hydrogens is 516 g/mol. The lowest BCUT2D eigenvalue weighted by Gasteiger charge is -2.29. The number of amides is 4. The van der Waals surface area contributed by atoms with Crippen LogP contribution in [0.3, 0.4) is 0 Å². The van der Waals surface area contributed by atoms with E-state index < -0.39 is 23.8 Å². The third kappa shape index (κ3) is 6.30. The van der Waals surface area contributed by atoms with Crippen LogP contribution in [0.5, 0.6) is 17.2 Å². The van der Waals surface area contributed by atoms with Gasteiger partial charge < -0.3 is 34.6 Å². The smallest absolute Gasteiger partial charge is 0.255 e. The fraction of sp³-hybridized carbons (Fsp3) is 0.448. The van der Waals surface area contributed by atoms with Crippen molar-refractivity contribution in [3.05, 3.63) is 53.6 Å². The lowest BCUT2D eigenvalue weighted by molar-refractivity contribution is -0.141. The van der Waals surface area contributed by atoms with Gasteiger partial charge in [0.1, 0.15) is 31.6 Å². The summed E-state index contributed by atoms with van der Waals surface area (Å²) in [6, 6.07) is 11.1. The minimum Gasteiger partial charge on any atom is -0.491 e. The Morgan fingerprint density at radius 2 is 1.80 bits per heavy atom. The Morgan fingerprint density at radius 1 is 1.00 bits per heavy atom. The van der Waals surface area contributed by atoms with Gasteiger partial charge in [0.2, 0.25) is 17.7 Å². The van der Waals surface area contributed by atoms with Gasteiger partial charge in [0.15, 0.2) is 11.5 Å². The highest BCUT2D eigenvalue weighted by molar-refractivity contribution is 6.01. The van der Waals surface area contributed by atoms with Crippen molar-refractivity contribution in [1.29, 1.82) is 0 Å². The van der Waals surface area contributed by atoms with E-state index in [-0.39, 0.29) is 43.6 Å². The number of hydrogen-bond acceptors (Lipinski definition) is 7. The van der Waals surface area contributed by atoms with Crippen LogP contribution in [0, 0.1) is 0 Å². The Bertz CT molecular complexity index is 1280. The summed E-state index contributed by atoms with van der Waals surface area (Å²) in [4.78, 5) is 55.7. The van der Waals surface area contributed by atoms with E-state index in [9.17, 15) is 19.2 Å². The zero-order valence-electron chi connectivity index (χ0n) is 22.5. The maximum Gasteiger partial charge on any atom is 0.255 e. The van der Waals surface area contributed by atoms with Gasteiger partial charge in [0.25, 0.3) is 5.91 Å². The van der Waals surface area contributed by atoms with E-state index in [1.165, 1.54) is 11.9 Å². The lowest BCUT2D eigenvalue weighted by Crippen LogP contribution is -2.51. The molecule has 212 valence electrons. The summed E-state index contributed by atoms with van der Waals surface area (Å²) < 4.78 is 17.2. The van der Waals surface area contributed by atoms with Crippen molar-refractivity contribution in [2.45, 2.75) is 37.8 Å². The fourth-order valence-electron chi connectivity index (χ4n) is 5.16. The van der Waals surface area contributed by atoms with Gasteiger partial charge in [-0.15, -0.1) is 0 Å². The molecule has 0 aromatic heterocycles. The molecule has 1 fully saturated rings. The maximum absolute atomic E-state index is 13.3. The molecule has 1 saturated heterocycles. The molecule has 11 heteroatoms. The number of hydrogen-bond donors (Lipinski definition) is 2. The van der Waals surface area contributed by atoms with Crippen LogP contribution in [0.1, 0.15) is 35.2 Å². The summed E-state index contributed by atoms with van der Waals surface area (Å²) in [5.74, 6) is 0.107. The molecule has 0 unspecified atom stereocenters. The molecule has 0 spiro atoms. The van der Waals surface area contributed by atoms with Crippen molar-refractivity contribution in [2.75, 3.05) is 46.5 Å². The Hall–Kier alpha value is -4.28. The number of ether oxygens (including phenoxy) is 3. The first-order chi connectivity index (χ1) is 19.4. The van der Waals surface area contributed by atoms with Crippen molar-refractivity contribution < 1.29 is 33.4 Å². The highest BCUT2D eigenvalue weighted by Gasteiger charge is 2.33. The number of para-hydroxylation sites is 1. The number of rotatable bonds is 4. The Morgan fingerprint density at radius 3 is 2.65 bits per heavy atom. The summed E-state index contributed by atoms with van der Waals surface area (Å²) in [5, 5.41) is 5.55. The third-order valence-electron chi connectivity index (χ3n) is 7.38. The topological polar surface area (TPSA) is 127 Å². The number of carbonyl (C=O) groups excluding carboxylic acids is 4. The summed E-state index contributed by atoms with van der Waals surface area (Å²) in [6.45, 7) is 1.98. The molecule has 2 aromatic carbocycles. The number of nitrogens with one attached hydrogen (secondary N) is 2. The Labute approximate surface area is 232 Å². The lowest BCUT2D eigenvalue weighted by atomic mass is 10.1. The second-order valence-corrected chi connectivity index (χ2v) is 10.2. The SMILES string of the molecule is CN1CC(=O)N2CCC[C@@H]2COc2ccccc2C(=O)N[C@H](C(=O)NCCc2ccc3c(c2)OCCO3)CC1=O. The van der Waals surface area contributed by atoms with Gasteiger partial charge in [-0.2, -0.15) is 0 Å². The van der Waals surface area contributed by atoms with E-state index in [1.807, 2.05) is 18.2 Å². The largest absolute Gasteiger partial charge is 0.491 e. The summed E-state index contributed by atoms with van der Waals surface area (Å²) in [7, 11) is 1.53. The van der Waals surface area contributed by atoms with Crippen LogP contribution >= 0.6 is 0 Å². The van der Waals surface area contributed by atoms with Crippen LogP contribution in [-0.2, 0) is 20.8 Å². The predicted molar refractivity (Wildman–Crippen MR) is 144 cm³/mol. The van der Waals surface area contributed by atoms with E-state index >= 15 is 0 Å². The molecule has 3 heterocycles. The van der Waals surface area contributed by atoms with E-state index in [1.54, 1.807) is 29.2 Å². The minimum atomic E-state index is -1.15. The molecule has 0 aliphatic carbocycles. The number of likely N-dealkylation sites (N-methyl/N-ethyl adjacent to an activating group) is 1. The Kier molecular flexibility index (Phi) is 8.37. The van der Waals surface area contributed by atoms with Gasteiger partial charge in [0, 0.05) is 20.1 Å². The van der Waals surface area contributed by atoms with Gasteiger partial charge >= 0.3 is 0 Å². The molecule has 0 saturated carbocycles. The molecule has 3 aliphatic heterocycles. The van der Waals surface area contributed by atoms with Crippen LogP contribution in [0.4, 0.5) is 0 Å². The molecule has 5 rings (SSSR count). The molecule has 40 heavy (non-hydrogen) atoms. The average Bonchev–Trinajstić information content (AvgIpc) is 3.44. The van der Waals surface area contributed by atoms with Crippen molar-refractivity contribution in [1.82, 2.24) is 20.4 Å². The fourth-order valence-corrected chi connectivity index (χ4v) is 5.16. The normalized spacial score (nSPS) is 21.5. The molecule has 2 aromatic rings. The zero-order valence-corrected chi connectivity index (χ0v) is 22.5. The van der Waals surface area contributed by atoms with Crippen molar-refractivity contribution in [3.8, 4) is 17.2 Å². The van der Waals surface area contributed by atoms with Crippen LogP contribution in [-0.4, -0.2) is 92.0 Å². The monoisotopic (exact) mass is 550 g/mol. The zero-order chi connectivity index (χ0) is 28.1. The number of nitrogens with zero attached hydrogens (tertiary/aromatic N) is 2. The number of fused-ring (bicyclic) bond motifs is 3. The van der Waals surface area contributed by atoms with Gasteiger partial charge in [0.05, 0.1) is 24.6 Å². The second-order valence-electron chi connectivity index (χ2n) is 10.2. The highest BCUT2D eigenvalue weighted by Crippen LogP contribution is 2.30. The van der Waals surface area contributed by atoms with Gasteiger partial charge in [-0.1, -0.05) is 18.2 Å². The van der Waals surface area contributed by atoms with Crippen molar-refractivity contribution in [3.63, 3.8) is 0 Å². The third-order valence-corrected chi connectivity index (χ3v) is 7.38. The Balaban J connectivity index is 1.30.